The fourth-order valence-corrected chi connectivity index (χ4v) is 2.94. The number of nitrogens with zero attached hydrogens (tertiary/aromatic N) is 2. The summed E-state index contributed by atoms with van der Waals surface area (Å²) in [5.41, 5.74) is 0. The molecular formula is C16H26N4O2. The summed E-state index contributed by atoms with van der Waals surface area (Å²) < 4.78 is 5.38. The highest BCUT2D eigenvalue weighted by Crippen LogP contribution is 2.38. The summed E-state index contributed by atoms with van der Waals surface area (Å²) in [5.74, 6) is 2.75. The lowest BCUT2D eigenvalue weighted by Crippen LogP contribution is -2.32. The van der Waals surface area contributed by atoms with Gasteiger partial charge < -0.3 is 15.2 Å². The number of amides is 1. The molecule has 2 unspecified atom stereocenters. The van der Waals surface area contributed by atoms with Crippen molar-refractivity contribution in [2.24, 2.45) is 11.8 Å². The first-order valence-electron chi connectivity index (χ1n) is 8.47. The van der Waals surface area contributed by atoms with Crippen molar-refractivity contribution in [1.29, 1.82) is 0 Å². The van der Waals surface area contributed by atoms with E-state index >= 15 is 0 Å². The van der Waals surface area contributed by atoms with E-state index in [4.69, 9.17) is 4.52 Å². The van der Waals surface area contributed by atoms with Crippen LogP contribution in [0.5, 0.6) is 0 Å². The number of nitrogens with one attached hydrogen (secondary N) is 2. The SMILES string of the molecule is CC(C)C(NC(=O)CCC1CCNC1)c1nc(C2CC2)no1. The number of rotatable bonds is 7. The molecule has 6 nitrogen and oxygen atoms in total. The summed E-state index contributed by atoms with van der Waals surface area (Å²) in [6.07, 6.45) is 4.98. The monoisotopic (exact) mass is 306 g/mol. The van der Waals surface area contributed by atoms with Gasteiger partial charge >= 0.3 is 0 Å². The molecule has 22 heavy (non-hydrogen) atoms. The smallest absolute Gasteiger partial charge is 0.249 e. The Labute approximate surface area is 131 Å². The summed E-state index contributed by atoms with van der Waals surface area (Å²) in [6, 6.07) is -0.186. The lowest BCUT2D eigenvalue weighted by Gasteiger charge is -2.19. The topological polar surface area (TPSA) is 80.0 Å². The molecule has 1 amide bonds. The minimum atomic E-state index is -0.186. The molecule has 122 valence electrons. The Bertz CT molecular complexity index is 504. The zero-order valence-electron chi connectivity index (χ0n) is 13.5. The molecule has 1 aromatic heterocycles. The van der Waals surface area contributed by atoms with E-state index in [2.05, 4.69) is 34.6 Å². The normalized spacial score (nSPS) is 23.0. The molecule has 2 heterocycles. The van der Waals surface area contributed by atoms with Gasteiger partial charge in [0.2, 0.25) is 11.8 Å². The summed E-state index contributed by atoms with van der Waals surface area (Å²) in [5, 5.41) is 10.5. The first-order chi connectivity index (χ1) is 10.6. The molecule has 2 aliphatic rings. The van der Waals surface area contributed by atoms with Gasteiger partial charge in [0, 0.05) is 12.3 Å². The Balaban J connectivity index is 1.54. The van der Waals surface area contributed by atoms with E-state index in [1.807, 2.05) is 0 Å². The van der Waals surface area contributed by atoms with Gasteiger partial charge in [0.15, 0.2) is 5.82 Å². The number of carbonyl (C=O) groups is 1. The van der Waals surface area contributed by atoms with E-state index in [1.54, 1.807) is 0 Å². The van der Waals surface area contributed by atoms with Crippen molar-refractivity contribution >= 4 is 5.91 Å². The first-order valence-corrected chi connectivity index (χ1v) is 8.47. The molecule has 2 fully saturated rings. The fourth-order valence-electron chi connectivity index (χ4n) is 2.94. The van der Waals surface area contributed by atoms with Crippen molar-refractivity contribution < 1.29 is 9.32 Å². The van der Waals surface area contributed by atoms with E-state index in [0.29, 0.717) is 24.1 Å². The van der Waals surface area contributed by atoms with Crippen LogP contribution in [0.4, 0.5) is 0 Å². The zero-order valence-corrected chi connectivity index (χ0v) is 13.5. The van der Waals surface area contributed by atoms with E-state index in [0.717, 1.165) is 38.2 Å². The quantitative estimate of drug-likeness (QED) is 0.807. The minimum absolute atomic E-state index is 0.0803. The van der Waals surface area contributed by atoms with Gasteiger partial charge in [-0.1, -0.05) is 19.0 Å². The molecule has 3 rings (SSSR count). The zero-order chi connectivity index (χ0) is 15.5. The second-order valence-electron chi connectivity index (χ2n) is 6.95. The standard InChI is InChI=1S/C16H26N4O2/c1-10(2)14(16-19-15(20-22-16)12-4-5-12)18-13(21)6-3-11-7-8-17-9-11/h10-12,14,17H,3-9H2,1-2H3,(H,18,21). The molecule has 2 N–H and O–H groups in total. The Morgan fingerprint density at radius 1 is 1.41 bits per heavy atom. The van der Waals surface area contributed by atoms with E-state index in [1.165, 1.54) is 6.42 Å². The highest BCUT2D eigenvalue weighted by atomic mass is 16.5. The number of aromatic nitrogens is 2. The average molecular weight is 306 g/mol. The van der Waals surface area contributed by atoms with Crippen LogP contribution >= 0.6 is 0 Å². The van der Waals surface area contributed by atoms with Gasteiger partial charge in [-0.2, -0.15) is 4.98 Å². The van der Waals surface area contributed by atoms with Crippen molar-refractivity contribution in [3.63, 3.8) is 0 Å². The van der Waals surface area contributed by atoms with Gasteiger partial charge in [-0.25, -0.2) is 0 Å². The largest absolute Gasteiger partial charge is 0.344 e. The van der Waals surface area contributed by atoms with Gasteiger partial charge in [0.05, 0.1) is 0 Å². The molecule has 0 radical (unpaired) electrons. The van der Waals surface area contributed by atoms with Gasteiger partial charge in [-0.15, -0.1) is 0 Å². The molecule has 0 spiro atoms. The van der Waals surface area contributed by atoms with Crippen LogP contribution in [0.3, 0.4) is 0 Å². The second-order valence-corrected chi connectivity index (χ2v) is 6.95. The predicted molar refractivity (Wildman–Crippen MR) is 82.2 cm³/mol. The summed E-state index contributed by atoms with van der Waals surface area (Å²) >= 11 is 0. The number of carbonyl (C=O) groups excluding carboxylic acids is 1. The van der Waals surface area contributed by atoms with Crippen molar-refractivity contribution in [3.8, 4) is 0 Å². The van der Waals surface area contributed by atoms with Crippen LogP contribution < -0.4 is 10.6 Å². The van der Waals surface area contributed by atoms with Crippen LogP contribution in [-0.2, 0) is 4.79 Å². The van der Waals surface area contributed by atoms with Gasteiger partial charge in [0.25, 0.3) is 0 Å². The maximum Gasteiger partial charge on any atom is 0.249 e. The molecule has 1 aromatic rings. The molecule has 0 bridgehead atoms. The third kappa shape index (κ3) is 3.85. The van der Waals surface area contributed by atoms with Crippen molar-refractivity contribution in [1.82, 2.24) is 20.8 Å². The Hall–Kier alpha value is -1.43. The second kappa shape index (κ2) is 6.77. The van der Waals surface area contributed by atoms with Crippen LogP contribution in [-0.4, -0.2) is 29.1 Å². The van der Waals surface area contributed by atoms with E-state index < -0.39 is 0 Å². The Morgan fingerprint density at radius 3 is 2.86 bits per heavy atom. The first kappa shape index (κ1) is 15.5. The van der Waals surface area contributed by atoms with Crippen molar-refractivity contribution in [3.05, 3.63) is 11.7 Å². The molecule has 2 atom stereocenters. The van der Waals surface area contributed by atoms with Crippen molar-refractivity contribution in [2.75, 3.05) is 13.1 Å². The third-order valence-corrected chi connectivity index (χ3v) is 4.59. The van der Waals surface area contributed by atoms with Gasteiger partial charge in [0.1, 0.15) is 6.04 Å². The molecule has 1 saturated heterocycles. The lowest BCUT2D eigenvalue weighted by atomic mass is 10.0. The minimum Gasteiger partial charge on any atom is -0.344 e. The van der Waals surface area contributed by atoms with Crippen LogP contribution in [0, 0.1) is 11.8 Å². The summed E-state index contributed by atoms with van der Waals surface area (Å²) in [6.45, 7) is 6.24. The number of hydrogen-bond acceptors (Lipinski definition) is 5. The predicted octanol–water partition coefficient (Wildman–Crippen LogP) is 2.15. The average Bonchev–Trinajstić information content (AvgIpc) is 3.02. The van der Waals surface area contributed by atoms with Gasteiger partial charge in [-0.05, 0) is 50.6 Å². The van der Waals surface area contributed by atoms with Crippen LogP contribution in [0.25, 0.3) is 0 Å². The van der Waals surface area contributed by atoms with E-state index in [-0.39, 0.29) is 17.9 Å². The van der Waals surface area contributed by atoms with Crippen LogP contribution in [0.1, 0.15) is 69.6 Å². The van der Waals surface area contributed by atoms with Gasteiger partial charge in [-0.3, -0.25) is 4.79 Å². The maximum absolute atomic E-state index is 12.2. The molecular weight excluding hydrogens is 280 g/mol. The molecule has 1 saturated carbocycles. The highest BCUT2D eigenvalue weighted by molar-refractivity contribution is 5.76. The molecule has 1 aliphatic carbocycles. The van der Waals surface area contributed by atoms with Crippen LogP contribution in [0.2, 0.25) is 0 Å². The molecule has 1 aliphatic heterocycles. The maximum atomic E-state index is 12.2. The number of hydrogen-bond donors (Lipinski definition) is 2. The van der Waals surface area contributed by atoms with Crippen molar-refractivity contribution in [2.45, 2.75) is 57.9 Å². The summed E-state index contributed by atoms with van der Waals surface area (Å²) in [4.78, 5) is 16.7. The summed E-state index contributed by atoms with van der Waals surface area (Å²) in [7, 11) is 0. The van der Waals surface area contributed by atoms with Crippen LogP contribution in [0.15, 0.2) is 4.52 Å². The molecule has 0 aromatic carbocycles. The Morgan fingerprint density at radius 2 is 2.23 bits per heavy atom. The lowest BCUT2D eigenvalue weighted by molar-refractivity contribution is -0.122. The third-order valence-electron chi connectivity index (χ3n) is 4.59. The highest BCUT2D eigenvalue weighted by Gasteiger charge is 2.31. The molecule has 6 heteroatoms. The Kier molecular flexibility index (Phi) is 4.76. The van der Waals surface area contributed by atoms with E-state index in [9.17, 15) is 4.79 Å². The fraction of sp³-hybridized carbons (Fsp3) is 0.812.